The molecule has 0 amide bonds. The van der Waals surface area contributed by atoms with Gasteiger partial charge < -0.3 is 39.0 Å². The minimum Gasteiger partial charge on any atom is -0.488 e. The molecule has 0 fully saturated rings. The third-order valence-electron chi connectivity index (χ3n) is 12.9. The second kappa shape index (κ2) is 23.8. The maximum Gasteiger partial charge on any atom is 0.303 e. The van der Waals surface area contributed by atoms with E-state index in [1.54, 1.807) is 24.5 Å². The van der Waals surface area contributed by atoms with Gasteiger partial charge in [0.1, 0.15) is 54.5 Å². The third kappa shape index (κ3) is 12.8. The number of rotatable bonds is 23. The lowest BCUT2D eigenvalue weighted by molar-refractivity contribution is -0.138. The number of aromatic nitrogens is 2. The molecule has 2 heterocycles. The fourth-order valence-corrected chi connectivity index (χ4v) is 9.90. The van der Waals surface area contributed by atoms with E-state index in [4.69, 9.17) is 48.7 Å². The molecule has 0 aliphatic heterocycles. The number of carbonyl (C=O) groups is 2. The Kier molecular flexibility index (Phi) is 16.9. The van der Waals surface area contributed by atoms with Gasteiger partial charge in [-0.25, -0.2) is 4.85 Å². The van der Waals surface area contributed by atoms with Crippen molar-refractivity contribution in [2.75, 3.05) is 27.2 Å². The Morgan fingerprint density at radius 3 is 1.67 bits per heavy atom. The molecular formula is C56H54Cl2N6O8. The van der Waals surface area contributed by atoms with Gasteiger partial charge in [0.25, 0.3) is 0 Å². The quantitative estimate of drug-likeness (QED) is 0.0581. The molecule has 0 bridgehead atoms. The van der Waals surface area contributed by atoms with Crippen LogP contribution in [0.5, 0.6) is 23.0 Å². The van der Waals surface area contributed by atoms with Crippen molar-refractivity contribution in [3.63, 3.8) is 0 Å². The van der Waals surface area contributed by atoms with Crippen LogP contribution in [0.4, 0.5) is 5.69 Å². The molecule has 14 nitrogen and oxygen atoms in total. The number of carboxylic acids is 2. The number of fused-ring (bicyclic) bond motifs is 2. The number of ether oxygens (including phenoxy) is 4. The largest absolute Gasteiger partial charge is 0.488 e. The van der Waals surface area contributed by atoms with Gasteiger partial charge in [0.15, 0.2) is 0 Å². The average molecular weight is 1010 g/mol. The van der Waals surface area contributed by atoms with E-state index in [1.807, 2.05) is 48.2 Å². The molecule has 2 aliphatic carbocycles. The van der Waals surface area contributed by atoms with Gasteiger partial charge in [-0.05, 0) is 129 Å². The summed E-state index contributed by atoms with van der Waals surface area (Å²) in [5.74, 6) is 0.408. The van der Waals surface area contributed by atoms with Gasteiger partial charge in [-0.2, -0.15) is 5.26 Å². The third-order valence-corrected chi connectivity index (χ3v) is 13.4. The minimum absolute atomic E-state index is 0.0705. The highest BCUT2D eigenvalue weighted by molar-refractivity contribution is 6.32. The number of aliphatic carboxylic acids is 2. The first-order valence-corrected chi connectivity index (χ1v) is 24.5. The molecule has 0 saturated heterocycles. The van der Waals surface area contributed by atoms with Crippen LogP contribution in [0.3, 0.4) is 0 Å². The molecule has 0 spiro atoms. The van der Waals surface area contributed by atoms with Crippen molar-refractivity contribution in [1.29, 1.82) is 5.26 Å². The van der Waals surface area contributed by atoms with E-state index in [0.29, 0.717) is 83.3 Å². The zero-order chi connectivity index (χ0) is 50.7. The summed E-state index contributed by atoms with van der Waals surface area (Å²) in [7, 11) is 3.85. The fourth-order valence-electron chi connectivity index (χ4n) is 9.44. The summed E-state index contributed by atoms with van der Waals surface area (Å²) in [5, 5.41) is 28.6. The van der Waals surface area contributed by atoms with E-state index in [2.05, 4.69) is 57.3 Å². The van der Waals surface area contributed by atoms with Crippen LogP contribution >= 0.6 is 23.2 Å². The molecule has 4 aromatic carbocycles. The summed E-state index contributed by atoms with van der Waals surface area (Å²) in [6.45, 7) is 9.78. The molecule has 0 saturated carbocycles. The standard InChI is InChI=1S/C56H54Cl2N6O8/c1-60-40-21-37(29-62-30-40)34-70-52-25-54(48(58)23-39(52)32-64(3)19-7-13-56(67)68)72-50-17-15-44-42(9-5-11-46(44)50)41-8-4-10-45-43(41)14-16-49(45)71-53-24-51(69-33-36-20-35(26-59)27-61-28-36)38(22-47(53)57)31-63(2)18-6-12-55(65)66/h4-5,8-11,20-25,27-30,49-50H,6-7,12-19,31-34H2,2-3H3,(H,65,66)(H,67,68)/t49-,50-/m0/s1. The molecule has 0 radical (unpaired) electrons. The van der Waals surface area contributed by atoms with E-state index in [9.17, 15) is 25.1 Å². The van der Waals surface area contributed by atoms with E-state index in [1.165, 1.54) is 23.5 Å². The van der Waals surface area contributed by atoms with Crippen molar-refractivity contribution in [3.8, 4) is 40.2 Å². The highest BCUT2D eigenvalue weighted by atomic mass is 35.5. The molecular weight excluding hydrogens is 956 g/mol. The summed E-state index contributed by atoms with van der Waals surface area (Å²) in [4.78, 5) is 38.3. The van der Waals surface area contributed by atoms with E-state index in [0.717, 1.165) is 70.2 Å². The number of nitrogens with zero attached hydrogens (tertiary/aromatic N) is 6. The molecule has 6 aromatic rings. The first-order valence-electron chi connectivity index (χ1n) is 23.8. The van der Waals surface area contributed by atoms with Gasteiger partial charge in [0, 0.05) is 79.5 Å². The van der Waals surface area contributed by atoms with Crippen LogP contribution in [0.2, 0.25) is 10.0 Å². The second-order valence-electron chi connectivity index (χ2n) is 18.2. The Labute approximate surface area is 429 Å². The van der Waals surface area contributed by atoms with Gasteiger partial charge in [-0.3, -0.25) is 19.6 Å². The van der Waals surface area contributed by atoms with Crippen molar-refractivity contribution in [1.82, 2.24) is 19.8 Å². The lowest BCUT2D eigenvalue weighted by Crippen LogP contribution is -2.20. The van der Waals surface area contributed by atoms with Crippen LogP contribution in [-0.2, 0) is 48.7 Å². The predicted molar refractivity (Wildman–Crippen MR) is 273 cm³/mol. The van der Waals surface area contributed by atoms with E-state index < -0.39 is 11.9 Å². The summed E-state index contributed by atoms with van der Waals surface area (Å²) in [6, 6.07) is 25.7. The normalized spacial score (nSPS) is 14.6. The number of halogens is 2. The van der Waals surface area contributed by atoms with Crippen LogP contribution in [0.25, 0.3) is 16.0 Å². The highest BCUT2D eigenvalue weighted by Crippen LogP contribution is 2.47. The lowest BCUT2D eigenvalue weighted by Gasteiger charge is -2.22. The first kappa shape index (κ1) is 51.2. The summed E-state index contributed by atoms with van der Waals surface area (Å²) in [6.07, 6.45) is 9.96. The Balaban J connectivity index is 1.02. The van der Waals surface area contributed by atoms with Crippen LogP contribution < -0.4 is 18.9 Å². The molecule has 0 unspecified atom stereocenters. The predicted octanol–water partition coefficient (Wildman–Crippen LogP) is 11.8. The van der Waals surface area contributed by atoms with Crippen LogP contribution in [-0.4, -0.2) is 69.1 Å². The second-order valence-corrected chi connectivity index (χ2v) is 19.0. The zero-order valence-electron chi connectivity index (χ0n) is 40.1. The number of nitriles is 1. The number of hydrogen-bond acceptors (Lipinski definition) is 11. The molecule has 2 aromatic heterocycles. The monoisotopic (exact) mass is 1010 g/mol. The molecule has 2 N–H and O–H groups in total. The molecule has 2 atom stereocenters. The van der Waals surface area contributed by atoms with Crippen LogP contribution in [0.1, 0.15) is 101 Å². The van der Waals surface area contributed by atoms with Gasteiger partial charge in [-0.1, -0.05) is 59.6 Å². The van der Waals surface area contributed by atoms with Gasteiger partial charge >= 0.3 is 11.9 Å². The SMILES string of the molecule is [C-]#[N+]c1cncc(COc2cc(O[C@H]3CCc4c(-c5cccc6c5CC[C@@H]6Oc5cc(OCc6cncc(C#N)c6)c(CN(C)CCCC(=O)O)cc5Cl)cccc43)c(Cl)cc2CN(C)CCCC(=O)O)c1. The van der Waals surface area contributed by atoms with Crippen LogP contribution in [0, 0.1) is 17.9 Å². The smallest absolute Gasteiger partial charge is 0.303 e. The topological polar surface area (TPSA) is 172 Å². The van der Waals surface area contributed by atoms with Crippen molar-refractivity contribution < 1.29 is 38.7 Å². The summed E-state index contributed by atoms with van der Waals surface area (Å²) < 4.78 is 26.3. The van der Waals surface area contributed by atoms with E-state index in [-0.39, 0.29) is 38.3 Å². The van der Waals surface area contributed by atoms with Gasteiger partial charge in [0.05, 0.1) is 22.2 Å². The number of pyridine rings is 2. The Bertz CT molecular complexity index is 2840. The molecule has 72 heavy (non-hydrogen) atoms. The number of carboxylic acid groups (broad SMARTS) is 2. The fraction of sp³-hybridized carbons (Fsp3) is 0.321. The first-order chi connectivity index (χ1) is 34.8. The van der Waals surface area contributed by atoms with E-state index >= 15 is 0 Å². The van der Waals surface area contributed by atoms with Crippen LogP contribution in [0.15, 0.2) is 97.6 Å². The highest BCUT2D eigenvalue weighted by Gasteiger charge is 2.32. The Morgan fingerprint density at radius 1 is 0.708 bits per heavy atom. The maximum absolute atomic E-state index is 11.2. The Hall–Kier alpha value is -7.20. The number of hydrogen-bond donors (Lipinski definition) is 2. The average Bonchev–Trinajstić information content (AvgIpc) is 3.98. The van der Waals surface area contributed by atoms with Crippen molar-refractivity contribution in [3.05, 3.63) is 169 Å². The summed E-state index contributed by atoms with van der Waals surface area (Å²) in [5.41, 5.74) is 10.8. The molecule has 2 aliphatic rings. The van der Waals surface area contributed by atoms with Gasteiger partial charge in [-0.15, -0.1) is 0 Å². The molecule has 370 valence electrons. The molecule has 16 heteroatoms. The van der Waals surface area contributed by atoms with Gasteiger partial charge in [0.2, 0.25) is 5.69 Å². The van der Waals surface area contributed by atoms with Crippen molar-refractivity contribution in [2.45, 2.75) is 89.9 Å². The lowest BCUT2D eigenvalue weighted by atomic mass is 9.91. The minimum atomic E-state index is -0.838. The number of benzene rings is 4. The maximum atomic E-state index is 11.2. The summed E-state index contributed by atoms with van der Waals surface area (Å²) >= 11 is 14.0. The van der Waals surface area contributed by atoms with Crippen molar-refractivity contribution >= 4 is 40.8 Å². The van der Waals surface area contributed by atoms with Crippen molar-refractivity contribution in [2.24, 2.45) is 0 Å². The zero-order valence-corrected chi connectivity index (χ0v) is 41.6. The molecule has 8 rings (SSSR count). The Morgan fingerprint density at radius 2 is 1.19 bits per heavy atom.